The Labute approximate surface area is 121 Å². The number of hydrogen-bond acceptors (Lipinski definition) is 3. The van der Waals surface area contributed by atoms with Crippen molar-refractivity contribution >= 4 is 39.5 Å². The van der Waals surface area contributed by atoms with Crippen LogP contribution >= 0.6 is 22.9 Å². The molecule has 1 aromatic carbocycles. The number of nitrogens with zero attached hydrogens (tertiary/aromatic N) is 1. The van der Waals surface area contributed by atoms with E-state index in [1.54, 1.807) is 11.3 Å². The zero-order valence-electron chi connectivity index (χ0n) is 10.5. The van der Waals surface area contributed by atoms with Crippen LogP contribution in [0.5, 0.6) is 0 Å². The molecule has 1 N–H and O–H groups in total. The summed E-state index contributed by atoms with van der Waals surface area (Å²) in [6.07, 6.45) is 1.81. The van der Waals surface area contributed by atoms with Gasteiger partial charge in [0.05, 0.1) is 5.52 Å². The molecule has 0 atom stereocenters. The van der Waals surface area contributed by atoms with E-state index in [9.17, 15) is 0 Å². The minimum atomic E-state index is 0.714. The molecule has 0 saturated carbocycles. The Bertz CT molecular complexity index is 721. The van der Waals surface area contributed by atoms with Gasteiger partial charge in [-0.15, -0.1) is 0 Å². The maximum absolute atomic E-state index is 5.99. The predicted octanol–water partition coefficient (Wildman–Crippen LogP) is 4.87. The van der Waals surface area contributed by atoms with E-state index in [1.807, 2.05) is 30.5 Å². The van der Waals surface area contributed by atoms with E-state index in [0.29, 0.717) is 5.02 Å². The maximum Gasteiger partial charge on any atom is 0.0737 e. The average molecular weight is 289 g/mol. The summed E-state index contributed by atoms with van der Waals surface area (Å²) in [5.41, 5.74) is 4.68. The van der Waals surface area contributed by atoms with Crippen molar-refractivity contribution in [3.63, 3.8) is 0 Å². The van der Waals surface area contributed by atoms with E-state index in [1.165, 1.54) is 11.1 Å². The molecule has 4 heteroatoms. The number of aromatic nitrogens is 1. The highest BCUT2D eigenvalue weighted by molar-refractivity contribution is 7.08. The molecule has 2 aromatic heterocycles. The number of rotatable bonds is 3. The molecule has 3 rings (SSSR count). The van der Waals surface area contributed by atoms with E-state index in [4.69, 9.17) is 11.6 Å². The van der Waals surface area contributed by atoms with Gasteiger partial charge < -0.3 is 5.32 Å². The van der Waals surface area contributed by atoms with Crippen molar-refractivity contribution in [1.82, 2.24) is 4.98 Å². The average Bonchev–Trinajstić information content (AvgIpc) is 2.81. The van der Waals surface area contributed by atoms with Crippen LogP contribution in [0.4, 0.5) is 5.69 Å². The van der Waals surface area contributed by atoms with Crippen LogP contribution in [0.3, 0.4) is 0 Å². The Morgan fingerprint density at radius 2 is 2.16 bits per heavy atom. The first-order chi connectivity index (χ1) is 9.24. The van der Waals surface area contributed by atoms with E-state index in [2.05, 4.69) is 28.0 Å². The summed E-state index contributed by atoms with van der Waals surface area (Å²) in [7, 11) is 0. The predicted molar refractivity (Wildman–Crippen MR) is 83.1 cm³/mol. The van der Waals surface area contributed by atoms with Gasteiger partial charge >= 0.3 is 0 Å². The highest BCUT2D eigenvalue weighted by atomic mass is 35.5. The smallest absolute Gasteiger partial charge is 0.0737 e. The maximum atomic E-state index is 5.99. The van der Waals surface area contributed by atoms with Crippen LogP contribution in [-0.4, -0.2) is 4.98 Å². The highest BCUT2D eigenvalue weighted by Gasteiger charge is 2.04. The van der Waals surface area contributed by atoms with Crippen LogP contribution < -0.4 is 5.32 Å². The van der Waals surface area contributed by atoms with E-state index in [-0.39, 0.29) is 0 Å². The van der Waals surface area contributed by atoms with Gasteiger partial charge in [0.1, 0.15) is 0 Å². The number of anilines is 1. The second kappa shape index (κ2) is 5.19. The van der Waals surface area contributed by atoms with E-state index < -0.39 is 0 Å². The van der Waals surface area contributed by atoms with Gasteiger partial charge in [-0.1, -0.05) is 11.6 Å². The molecular weight excluding hydrogens is 276 g/mol. The van der Waals surface area contributed by atoms with E-state index >= 15 is 0 Å². The molecule has 0 amide bonds. The lowest BCUT2D eigenvalue weighted by atomic mass is 10.1. The molecule has 0 fully saturated rings. The zero-order valence-corrected chi connectivity index (χ0v) is 12.1. The number of thiophene rings is 1. The summed E-state index contributed by atoms with van der Waals surface area (Å²) >= 11 is 7.73. The Morgan fingerprint density at radius 3 is 2.95 bits per heavy atom. The van der Waals surface area contributed by atoms with Crippen LogP contribution in [0.25, 0.3) is 10.9 Å². The fourth-order valence-corrected chi connectivity index (χ4v) is 3.06. The summed E-state index contributed by atoms with van der Waals surface area (Å²) < 4.78 is 0. The normalized spacial score (nSPS) is 10.8. The number of fused-ring (bicyclic) bond motifs is 1. The second-order valence-corrected chi connectivity index (χ2v) is 5.63. The number of hydrogen-bond donors (Lipinski definition) is 1. The summed E-state index contributed by atoms with van der Waals surface area (Å²) in [4.78, 5) is 4.34. The number of halogens is 1. The summed E-state index contributed by atoms with van der Waals surface area (Å²) in [6, 6.07) is 7.79. The summed E-state index contributed by atoms with van der Waals surface area (Å²) in [5.74, 6) is 0. The first-order valence-corrected chi connectivity index (χ1v) is 7.36. The fourth-order valence-electron chi connectivity index (χ4n) is 2.03. The third kappa shape index (κ3) is 2.57. The van der Waals surface area contributed by atoms with Crippen molar-refractivity contribution in [3.05, 3.63) is 57.4 Å². The van der Waals surface area contributed by atoms with Gasteiger partial charge in [-0.3, -0.25) is 4.98 Å². The molecular formula is C15H13ClN2S. The Kier molecular flexibility index (Phi) is 3.40. The second-order valence-electron chi connectivity index (χ2n) is 4.45. The molecule has 0 aliphatic carbocycles. The molecule has 19 heavy (non-hydrogen) atoms. The molecule has 0 unspecified atom stereocenters. The minimum Gasteiger partial charge on any atom is -0.380 e. The number of aryl methyl sites for hydroxylation is 1. The Balaban J connectivity index is 1.91. The van der Waals surface area contributed by atoms with Crippen molar-refractivity contribution in [2.75, 3.05) is 5.32 Å². The van der Waals surface area contributed by atoms with Gasteiger partial charge in [-0.25, -0.2) is 0 Å². The topological polar surface area (TPSA) is 24.9 Å². The van der Waals surface area contributed by atoms with Crippen LogP contribution in [0.2, 0.25) is 5.02 Å². The lowest BCUT2D eigenvalue weighted by Crippen LogP contribution is -2.00. The van der Waals surface area contributed by atoms with Crippen molar-refractivity contribution in [1.29, 1.82) is 0 Å². The lowest BCUT2D eigenvalue weighted by molar-refractivity contribution is 1.14. The number of benzene rings is 1. The van der Waals surface area contributed by atoms with Crippen molar-refractivity contribution in [2.45, 2.75) is 13.5 Å². The van der Waals surface area contributed by atoms with Crippen LogP contribution in [0, 0.1) is 6.92 Å². The molecule has 0 aliphatic rings. The Morgan fingerprint density at radius 1 is 1.26 bits per heavy atom. The minimum absolute atomic E-state index is 0.714. The van der Waals surface area contributed by atoms with Crippen LogP contribution in [0.15, 0.2) is 41.2 Å². The molecule has 2 heterocycles. The van der Waals surface area contributed by atoms with Gasteiger partial charge in [0.2, 0.25) is 0 Å². The third-order valence-corrected chi connectivity index (χ3v) is 4.28. The fraction of sp³-hybridized carbons (Fsp3) is 0.133. The Hall–Kier alpha value is -1.58. The monoisotopic (exact) mass is 288 g/mol. The van der Waals surface area contributed by atoms with Crippen LogP contribution in [-0.2, 0) is 6.54 Å². The van der Waals surface area contributed by atoms with Crippen molar-refractivity contribution in [3.8, 4) is 0 Å². The van der Waals surface area contributed by atoms with Gasteiger partial charge in [0, 0.05) is 28.8 Å². The van der Waals surface area contributed by atoms with Gasteiger partial charge in [-0.05, 0) is 53.1 Å². The largest absolute Gasteiger partial charge is 0.380 e. The summed E-state index contributed by atoms with van der Waals surface area (Å²) in [5, 5.41) is 9.64. The lowest BCUT2D eigenvalue weighted by Gasteiger charge is -2.09. The molecule has 0 aliphatic heterocycles. The first kappa shape index (κ1) is 12.5. The first-order valence-electron chi connectivity index (χ1n) is 6.04. The third-order valence-electron chi connectivity index (χ3n) is 3.14. The SMILES string of the molecule is Cc1cscc1CNc1ccnc2cc(Cl)ccc12. The molecule has 0 radical (unpaired) electrons. The molecule has 96 valence electrons. The van der Waals surface area contributed by atoms with E-state index in [0.717, 1.165) is 23.1 Å². The number of pyridine rings is 1. The van der Waals surface area contributed by atoms with Crippen molar-refractivity contribution < 1.29 is 0 Å². The van der Waals surface area contributed by atoms with Gasteiger partial charge in [-0.2, -0.15) is 11.3 Å². The quantitative estimate of drug-likeness (QED) is 0.744. The summed E-state index contributed by atoms with van der Waals surface area (Å²) in [6.45, 7) is 2.97. The number of nitrogens with one attached hydrogen (secondary N) is 1. The van der Waals surface area contributed by atoms with Gasteiger partial charge in [0.15, 0.2) is 0 Å². The van der Waals surface area contributed by atoms with Gasteiger partial charge in [0.25, 0.3) is 0 Å². The van der Waals surface area contributed by atoms with Crippen LogP contribution in [0.1, 0.15) is 11.1 Å². The molecule has 0 spiro atoms. The molecule has 0 saturated heterocycles. The highest BCUT2D eigenvalue weighted by Crippen LogP contribution is 2.25. The standard InChI is InChI=1S/C15H13ClN2S/c1-10-8-19-9-11(10)7-18-14-4-5-17-15-6-12(16)2-3-13(14)15/h2-6,8-9H,7H2,1H3,(H,17,18). The molecule has 0 bridgehead atoms. The zero-order chi connectivity index (χ0) is 13.2. The molecule has 2 nitrogen and oxygen atoms in total. The van der Waals surface area contributed by atoms with Crippen molar-refractivity contribution in [2.24, 2.45) is 0 Å². The molecule has 3 aromatic rings.